The second kappa shape index (κ2) is 11.3. The number of para-hydroxylation sites is 1. The molecule has 0 radical (unpaired) electrons. The van der Waals surface area contributed by atoms with Crippen LogP contribution in [0.5, 0.6) is 5.75 Å². The van der Waals surface area contributed by atoms with Crippen molar-refractivity contribution in [1.29, 1.82) is 0 Å². The van der Waals surface area contributed by atoms with Crippen LogP contribution in [0.2, 0.25) is 10.0 Å². The summed E-state index contributed by atoms with van der Waals surface area (Å²) in [5.74, 6) is -1.07. The molecule has 6 nitrogen and oxygen atoms in total. The molecule has 3 aromatic rings. The van der Waals surface area contributed by atoms with Gasteiger partial charge in [0.15, 0.2) is 0 Å². The molecule has 3 aromatic carbocycles. The summed E-state index contributed by atoms with van der Waals surface area (Å²) in [5, 5.41) is 7.35. The van der Waals surface area contributed by atoms with Gasteiger partial charge in [0.2, 0.25) is 0 Å². The minimum absolute atomic E-state index is 0.252. The van der Waals surface area contributed by atoms with E-state index in [9.17, 15) is 9.59 Å². The topological polar surface area (TPSA) is 79.8 Å². The Bertz CT molecular complexity index is 1130. The highest BCUT2D eigenvalue weighted by Gasteiger charge is 2.12. The molecule has 0 fully saturated rings. The third kappa shape index (κ3) is 6.83. The van der Waals surface area contributed by atoms with Crippen molar-refractivity contribution in [2.24, 2.45) is 5.10 Å². The monoisotopic (exact) mass is 469 g/mol. The van der Waals surface area contributed by atoms with Gasteiger partial charge in [0.25, 0.3) is 0 Å². The summed E-state index contributed by atoms with van der Waals surface area (Å²) >= 11 is 12.0. The van der Waals surface area contributed by atoms with Gasteiger partial charge in [-0.05, 0) is 42.3 Å². The van der Waals surface area contributed by atoms with Gasteiger partial charge in [-0.3, -0.25) is 9.59 Å². The summed E-state index contributed by atoms with van der Waals surface area (Å²) in [5.41, 5.74) is 5.72. The molecule has 2 N–H and O–H groups in total. The van der Waals surface area contributed by atoms with Gasteiger partial charge >= 0.3 is 11.8 Å². The summed E-state index contributed by atoms with van der Waals surface area (Å²) in [6.07, 6.45) is 1.41. The van der Waals surface area contributed by atoms with E-state index >= 15 is 0 Å². The Balaban J connectivity index is 1.53. The van der Waals surface area contributed by atoms with Crippen molar-refractivity contribution in [3.05, 3.63) is 99.0 Å². The number of hydrazone groups is 1. The molecule has 32 heavy (non-hydrogen) atoms. The number of halogens is 2. The average Bonchev–Trinajstić information content (AvgIpc) is 2.80. The summed E-state index contributed by atoms with van der Waals surface area (Å²) in [7, 11) is 0. The highest BCUT2D eigenvalue weighted by Crippen LogP contribution is 2.24. The van der Waals surface area contributed by atoms with Crippen LogP contribution in [0.1, 0.15) is 22.3 Å². The molecule has 0 aromatic heterocycles. The lowest BCUT2D eigenvalue weighted by Crippen LogP contribution is -2.37. The number of carbonyl (C=O) groups is 2. The lowest BCUT2D eigenvalue weighted by Gasteiger charge is -2.09. The van der Waals surface area contributed by atoms with Crippen LogP contribution in [0, 0.1) is 6.92 Å². The zero-order chi connectivity index (χ0) is 22.9. The first-order chi connectivity index (χ1) is 15.4. The molecule has 0 bridgehead atoms. The number of rotatable bonds is 7. The molecule has 0 spiro atoms. The Morgan fingerprint density at radius 2 is 1.66 bits per heavy atom. The smallest absolute Gasteiger partial charge is 0.329 e. The van der Waals surface area contributed by atoms with E-state index in [0.29, 0.717) is 21.4 Å². The third-order valence-corrected chi connectivity index (χ3v) is 5.19. The number of ether oxygens (including phenoxy) is 1. The highest BCUT2D eigenvalue weighted by atomic mass is 35.5. The zero-order valence-corrected chi connectivity index (χ0v) is 18.8. The Kier molecular flexibility index (Phi) is 8.25. The molecule has 0 atom stereocenters. The van der Waals surface area contributed by atoms with Crippen LogP contribution in [0.3, 0.4) is 0 Å². The molecule has 0 aliphatic heterocycles. The van der Waals surface area contributed by atoms with E-state index in [2.05, 4.69) is 15.8 Å². The molecule has 0 aliphatic rings. The van der Waals surface area contributed by atoms with Crippen LogP contribution in [0.25, 0.3) is 0 Å². The van der Waals surface area contributed by atoms with Crippen molar-refractivity contribution in [2.45, 2.75) is 20.1 Å². The lowest BCUT2D eigenvalue weighted by molar-refractivity contribution is -0.139. The highest BCUT2D eigenvalue weighted by molar-refractivity contribution is 6.42. The standard InChI is InChI=1S/C24H21Cl2N3O3/c1-16-6-8-17(9-7-16)13-27-23(30)24(31)29-28-14-19-4-2-3-5-22(19)32-15-18-10-11-20(25)21(26)12-18/h2-12,14H,13,15H2,1H3,(H,27,30)(H,29,31)/b28-14-. The maximum absolute atomic E-state index is 12.0. The largest absolute Gasteiger partial charge is 0.488 e. The van der Waals surface area contributed by atoms with Crippen LogP contribution in [0.4, 0.5) is 0 Å². The number of benzene rings is 3. The fourth-order valence-electron chi connectivity index (χ4n) is 2.69. The number of nitrogens with one attached hydrogen (secondary N) is 2. The first-order valence-corrected chi connectivity index (χ1v) is 10.5. The van der Waals surface area contributed by atoms with Crippen LogP contribution in [-0.2, 0) is 22.7 Å². The number of amides is 2. The molecule has 8 heteroatoms. The molecule has 0 unspecified atom stereocenters. The van der Waals surface area contributed by atoms with Gasteiger partial charge in [-0.15, -0.1) is 0 Å². The SMILES string of the molecule is Cc1ccc(CNC(=O)C(=O)N/N=C\c2ccccc2OCc2ccc(Cl)c(Cl)c2)cc1. The van der Waals surface area contributed by atoms with Gasteiger partial charge in [-0.1, -0.05) is 71.2 Å². The van der Waals surface area contributed by atoms with Gasteiger partial charge in [0.1, 0.15) is 12.4 Å². The minimum Gasteiger partial charge on any atom is -0.488 e. The Morgan fingerprint density at radius 1 is 0.938 bits per heavy atom. The molecular formula is C24H21Cl2N3O3. The van der Waals surface area contributed by atoms with Crippen molar-refractivity contribution in [3.8, 4) is 5.75 Å². The van der Waals surface area contributed by atoms with Gasteiger partial charge in [0, 0.05) is 12.1 Å². The summed E-state index contributed by atoms with van der Waals surface area (Å²) in [6.45, 7) is 2.50. The van der Waals surface area contributed by atoms with Gasteiger partial charge in [-0.2, -0.15) is 5.10 Å². The molecule has 0 saturated carbocycles. The lowest BCUT2D eigenvalue weighted by atomic mass is 10.1. The summed E-state index contributed by atoms with van der Waals surface area (Å²) < 4.78 is 5.83. The van der Waals surface area contributed by atoms with E-state index < -0.39 is 11.8 Å². The zero-order valence-electron chi connectivity index (χ0n) is 17.3. The van der Waals surface area contributed by atoms with Crippen molar-refractivity contribution in [2.75, 3.05) is 0 Å². The van der Waals surface area contributed by atoms with E-state index in [0.717, 1.165) is 16.7 Å². The van der Waals surface area contributed by atoms with Crippen LogP contribution in [-0.4, -0.2) is 18.0 Å². The molecular weight excluding hydrogens is 449 g/mol. The first-order valence-electron chi connectivity index (χ1n) is 9.75. The van der Waals surface area contributed by atoms with Crippen molar-refractivity contribution >= 4 is 41.2 Å². The Morgan fingerprint density at radius 3 is 2.41 bits per heavy atom. The van der Waals surface area contributed by atoms with E-state index in [-0.39, 0.29) is 13.2 Å². The molecule has 0 saturated heterocycles. The van der Waals surface area contributed by atoms with Gasteiger partial charge in [0.05, 0.1) is 16.3 Å². The second-order valence-corrected chi connectivity index (χ2v) is 7.76. The Labute approximate surface area is 196 Å². The number of carbonyl (C=O) groups excluding carboxylic acids is 2. The fourth-order valence-corrected chi connectivity index (χ4v) is 3.01. The van der Waals surface area contributed by atoms with E-state index in [1.165, 1.54) is 6.21 Å². The molecule has 0 aliphatic carbocycles. The first kappa shape index (κ1) is 23.3. The Hall–Kier alpha value is -3.35. The maximum atomic E-state index is 12.0. The van der Waals surface area contributed by atoms with Gasteiger partial charge in [-0.25, -0.2) is 5.43 Å². The molecule has 164 valence electrons. The van der Waals surface area contributed by atoms with Crippen LogP contribution in [0.15, 0.2) is 71.8 Å². The maximum Gasteiger partial charge on any atom is 0.329 e. The second-order valence-electron chi connectivity index (χ2n) is 6.94. The third-order valence-electron chi connectivity index (χ3n) is 4.45. The number of aryl methyl sites for hydroxylation is 1. The minimum atomic E-state index is -0.859. The molecule has 0 heterocycles. The summed E-state index contributed by atoms with van der Waals surface area (Å²) in [4.78, 5) is 23.9. The van der Waals surface area contributed by atoms with Crippen molar-refractivity contribution in [1.82, 2.24) is 10.7 Å². The predicted molar refractivity (Wildman–Crippen MR) is 126 cm³/mol. The van der Waals surface area contributed by atoms with E-state index in [1.807, 2.05) is 49.4 Å². The molecule has 2 amide bonds. The number of nitrogens with zero attached hydrogens (tertiary/aromatic N) is 1. The average molecular weight is 470 g/mol. The normalized spacial score (nSPS) is 10.7. The van der Waals surface area contributed by atoms with E-state index in [4.69, 9.17) is 27.9 Å². The van der Waals surface area contributed by atoms with Gasteiger partial charge < -0.3 is 10.1 Å². The summed E-state index contributed by atoms with van der Waals surface area (Å²) in [6, 6.07) is 20.1. The number of hydrogen-bond acceptors (Lipinski definition) is 4. The van der Waals surface area contributed by atoms with E-state index in [1.54, 1.807) is 24.3 Å². The number of hydrogen-bond donors (Lipinski definition) is 2. The molecule has 3 rings (SSSR count). The van der Waals surface area contributed by atoms with Crippen molar-refractivity contribution < 1.29 is 14.3 Å². The fraction of sp³-hybridized carbons (Fsp3) is 0.125. The van der Waals surface area contributed by atoms with Crippen molar-refractivity contribution in [3.63, 3.8) is 0 Å². The van der Waals surface area contributed by atoms with Crippen LogP contribution < -0.4 is 15.5 Å². The van der Waals surface area contributed by atoms with Crippen LogP contribution >= 0.6 is 23.2 Å². The quantitative estimate of drug-likeness (QED) is 0.300. The predicted octanol–water partition coefficient (Wildman–Crippen LogP) is 4.65.